The zero-order valence-electron chi connectivity index (χ0n) is 15.0. The minimum Gasteiger partial charge on any atom is -0.282 e. The molecule has 22 heteroatoms. The molecule has 188 valence electrons. The molecule has 0 fully saturated rings. The van der Waals surface area contributed by atoms with Gasteiger partial charge < -0.3 is 0 Å². The van der Waals surface area contributed by atoms with E-state index in [-0.39, 0.29) is 43.4 Å². The van der Waals surface area contributed by atoms with Crippen molar-refractivity contribution < 1.29 is 51.9 Å². The van der Waals surface area contributed by atoms with Crippen molar-refractivity contribution >= 4 is 110 Å². The van der Waals surface area contributed by atoms with E-state index in [1.54, 1.807) is 0 Å². The number of rotatable bonds is 4. The first kappa shape index (κ1) is 28.5. The molecule has 0 unspecified atom stereocenters. The summed E-state index contributed by atoms with van der Waals surface area (Å²) in [5.74, 6) is 0. The molecule has 2 aromatic rings. The highest BCUT2D eigenvalue weighted by atomic mass is 35.5. The van der Waals surface area contributed by atoms with Gasteiger partial charge in [0, 0.05) is 9.79 Å². The quantitative estimate of drug-likeness (QED) is 0.175. The molecule has 1 aliphatic heterocycles. The van der Waals surface area contributed by atoms with Gasteiger partial charge in [0.15, 0.2) is 0 Å². The second kappa shape index (κ2) is 8.76. The number of hydrogen-bond donors (Lipinski definition) is 4. The molecule has 0 spiro atoms. The van der Waals surface area contributed by atoms with Crippen molar-refractivity contribution in [2.75, 3.05) is 0 Å². The maximum Gasteiger partial charge on any atom is 0.297 e. The Labute approximate surface area is 219 Å². The molecule has 0 amide bonds. The molecule has 34 heavy (non-hydrogen) atoms. The first-order valence-electron chi connectivity index (χ1n) is 7.45. The fraction of sp³-hybridized carbons (Fsp3) is 0. The zero-order valence-corrected chi connectivity index (χ0v) is 22.9. The van der Waals surface area contributed by atoms with Crippen LogP contribution in [0, 0.1) is 0 Å². The third-order valence-electron chi connectivity index (χ3n) is 3.86. The highest BCUT2D eigenvalue weighted by Gasteiger charge is 2.45. The molecule has 0 saturated carbocycles. The second-order valence-electron chi connectivity index (χ2n) is 5.99. The van der Waals surface area contributed by atoms with Crippen LogP contribution < -0.4 is 0 Å². The number of fused-ring (bicyclic) bond motifs is 2. The molecular weight excluding hydrogens is 670 g/mol. The predicted molar refractivity (Wildman–Crippen MR) is 120 cm³/mol. The lowest BCUT2D eigenvalue weighted by atomic mass is 10.3. The molecule has 0 atom stereocenters. The third kappa shape index (κ3) is 4.78. The van der Waals surface area contributed by atoms with Gasteiger partial charge in [-0.05, 0) is 0 Å². The summed E-state index contributed by atoms with van der Waals surface area (Å²) in [4.78, 5) is -10.7. The van der Waals surface area contributed by atoms with Crippen molar-refractivity contribution in [2.45, 2.75) is 39.2 Å². The first-order valence-corrected chi connectivity index (χ1v) is 16.4. The normalized spacial score (nSPS) is 14.6. The van der Waals surface area contributed by atoms with Crippen LogP contribution in [0.25, 0.3) is 0 Å². The molecule has 4 N–H and O–H groups in total. The van der Waals surface area contributed by atoms with E-state index < -0.39 is 79.9 Å². The summed E-state index contributed by atoms with van der Waals surface area (Å²) in [7, 11) is -23.7. The van der Waals surface area contributed by atoms with Crippen molar-refractivity contribution in [1.82, 2.24) is 0 Å². The molecule has 12 nitrogen and oxygen atoms in total. The molecule has 0 saturated heterocycles. The van der Waals surface area contributed by atoms with Gasteiger partial charge in [0.25, 0.3) is 40.5 Å². The van der Waals surface area contributed by atoms with Crippen LogP contribution in [0.3, 0.4) is 0 Å². The van der Waals surface area contributed by atoms with E-state index in [0.717, 1.165) is 0 Å². The highest BCUT2D eigenvalue weighted by Crippen LogP contribution is 2.61. The van der Waals surface area contributed by atoms with Crippen LogP contribution in [0.1, 0.15) is 0 Å². The molecule has 1 heterocycles. The molecule has 0 aromatic heterocycles. The number of hydrogen-bond acceptors (Lipinski definition) is 10. The van der Waals surface area contributed by atoms with Gasteiger partial charge in [-0.3, -0.25) is 18.2 Å². The van der Waals surface area contributed by atoms with Gasteiger partial charge in [-0.25, -0.2) is 0 Å². The fourth-order valence-corrected chi connectivity index (χ4v) is 12.3. The molecule has 2 aromatic carbocycles. The van der Waals surface area contributed by atoms with Crippen molar-refractivity contribution in [3.63, 3.8) is 0 Å². The van der Waals surface area contributed by atoms with Gasteiger partial charge in [-0.2, -0.15) is 33.7 Å². The minimum absolute atomic E-state index is 0.132. The second-order valence-corrected chi connectivity index (χ2v) is 15.0. The average molecular weight is 674 g/mol. The van der Waals surface area contributed by atoms with Crippen LogP contribution in [0.5, 0.6) is 0 Å². The van der Waals surface area contributed by atoms with E-state index >= 15 is 0 Å². The highest BCUT2D eigenvalue weighted by molar-refractivity contribution is 8.06. The van der Waals surface area contributed by atoms with Crippen molar-refractivity contribution in [1.29, 1.82) is 0 Å². The zero-order chi connectivity index (χ0) is 26.3. The predicted octanol–water partition coefficient (Wildman–Crippen LogP) is 3.90. The van der Waals surface area contributed by atoms with Gasteiger partial charge in [-0.15, -0.1) is 0 Å². The lowest BCUT2D eigenvalue weighted by molar-refractivity contribution is 0.439. The lowest BCUT2D eigenvalue weighted by Gasteiger charge is -2.26. The molecular formula is C12H4Cl4O12S6. The van der Waals surface area contributed by atoms with Crippen LogP contribution >= 0.6 is 69.9 Å². The van der Waals surface area contributed by atoms with Gasteiger partial charge in [0.05, 0.1) is 29.9 Å². The molecule has 0 radical (unpaired) electrons. The van der Waals surface area contributed by atoms with E-state index in [2.05, 4.69) is 0 Å². The van der Waals surface area contributed by atoms with Gasteiger partial charge >= 0.3 is 0 Å². The van der Waals surface area contributed by atoms with Gasteiger partial charge in [0.1, 0.15) is 19.6 Å². The Morgan fingerprint density at radius 2 is 0.647 bits per heavy atom. The Bertz CT molecular complexity index is 1600. The van der Waals surface area contributed by atoms with Crippen LogP contribution in [-0.4, -0.2) is 51.9 Å². The summed E-state index contributed by atoms with van der Waals surface area (Å²) >= 11 is 24.3. The maximum atomic E-state index is 12.2. The fourth-order valence-electron chi connectivity index (χ4n) is 2.72. The summed E-state index contributed by atoms with van der Waals surface area (Å²) in [6.07, 6.45) is 0. The Kier molecular flexibility index (Phi) is 7.34. The van der Waals surface area contributed by atoms with Gasteiger partial charge in [0.2, 0.25) is 0 Å². The van der Waals surface area contributed by atoms with E-state index in [9.17, 15) is 51.9 Å². The Hall–Kier alpha value is -0.0600. The van der Waals surface area contributed by atoms with E-state index in [1.165, 1.54) is 0 Å². The SMILES string of the molecule is O=S(=O)(O)c1c2c(c(S(=O)(=O)O)c(S(=O)(=O)O)c1S(=O)(=O)O)Sc1c(Cl)c(Cl)c(Cl)c(Cl)c1S2. The molecule has 1 aliphatic rings. The molecule has 0 bridgehead atoms. The summed E-state index contributed by atoms with van der Waals surface area (Å²) in [6.45, 7) is 0. The standard InChI is InChI=1S/C12H4Cl4O12S6/c13-1-2(14)4(16)6-5(3(1)15)29-7-8(30-6)10(32(20,21)22)12(34(26,27)28)11(33(23,24)25)9(7)31(17,18)19/h(H,17,18,19)(H,20,21,22)(H,23,24,25)(H,26,27,28). The van der Waals surface area contributed by atoms with Crippen molar-refractivity contribution in [3.8, 4) is 0 Å². The lowest BCUT2D eigenvalue weighted by Crippen LogP contribution is -2.21. The monoisotopic (exact) mass is 672 g/mol. The van der Waals surface area contributed by atoms with Gasteiger partial charge in [-0.1, -0.05) is 69.9 Å². The Morgan fingerprint density at radius 3 is 0.853 bits per heavy atom. The Balaban J connectivity index is 2.79. The third-order valence-corrected chi connectivity index (χ3v) is 12.9. The maximum absolute atomic E-state index is 12.2. The smallest absolute Gasteiger partial charge is 0.282 e. The summed E-state index contributed by atoms with van der Waals surface area (Å²) in [5.41, 5.74) is 0. The van der Waals surface area contributed by atoms with Crippen molar-refractivity contribution in [2.24, 2.45) is 0 Å². The first-order chi connectivity index (χ1) is 15.1. The number of benzene rings is 2. The summed E-state index contributed by atoms with van der Waals surface area (Å²) in [5, 5.41) is -1.51. The Morgan fingerprint density at radius 1 is 0.412 bits per heavy atom. The van der Waals surface area contributed by atoms with Crippen LogP contribution in [0.4, 0.5) is 0 Å². The largest absolute Gasteiger partial charge is 0.297 e. The average Bonchev–Trinajstić information content (AvgIpc) is 2.64. The minimum atomic E-state index is -6.04. The summed E-state index contributed by atoms with van der Waals surface area (Å²) in [6, 6.07) is 0. The van der Waals surface area contributed by atoms with Crippen LogP contribution in [-0.2, 0) is 40.5 Å². The van der Waals surface area contributed by atoms with Crippen LogP contribution in [0.15, 0.2) is 39.2 Å². The topological polar surface area (TPSA) is 217 Å². The van der Waals surface area contributed by atoms with E-state index in [1.807, 2.05) is 0 Å². The van der Waals surface area contributed by atoms with E-state index in [4.69, 9.17) is 46.4 Å². The molecule has 3 rings (SSSR count). The van der Waals surface area contributed by atoms with Crippen LogP contribution in [0.2, 0.25) is 20.1 Å². The van der Waals surface area contributed by atoms with E-state index in [0.29, 0.717) is 0 Å². The van der Waals surface area contributed by atoms with Crippen molar-refractivity contribution in [3.05, 3.63) is 20.1 Å². The molecule has 0 aliphatic carbocycles. The summed E-state index contributed by atoms with van der Waals surface area (Å²) < 4.78 is 135. The number of halogens is 4.